The molecule has 1 aromatic heterocycles. The Morgan fingerprint density at radius 2 is 1.96 bits per heavy atom. The SMILES string of the molecule is CC(C)(C)Nc1cc(Oc2ncc(Cl)cc2Cl)ccc1[N+](=O)[O-]. The second-order valence-electron chi connectivity index (χ2n) is 5.85. The minimum absolute atomic E-state index is 0.0394. The maximum atomic E-state index is 11.1. The van der Waals surface area contributed by atoms with E-state index in [1.807, 2.05) is 20.8 Å². The monoisotopic (exact) mass is 355 g/mol. The molecule has 1 heterocycles. The van der Waals surface area contributed by atoms with Gasteiger partial charge in [-0.2, -0.15) is 0 Å². The second kappa shape index (κ2) is 6.60. The third-order valence-corrected chi connectivity index (χ3v) is 3.14. The van der Waals surface area contributed by atoms with E-state index in [2.05, 4.69) is 10.3 Å². The highest BCUT2D eigenvalue weighted by atomic mass is 35.5. The first-order chi connectivity index (χ1) is 10.7. The fraction of sp³-hybridized carbons (Fsp3) is 0.267. The van der Waals surface area contributed by atoms with Crippen LogP contribution in [-0.4, -0.2) is 15.4 Å². The van der Waals surface area contributed by atoms with Crippen LogP contribution in [0.2, 0.25) is 10.0 Å². The molecule has 0 radical (unpaired) electrons. The first kappa shape index (κ1) is 17.3. The Hall–Kier alpha value is -2.05. The van der Waals surface area contributed by atoms with E-state index in [1.54, 1.807) is 0 Å². The van der Waals surface area contributed by atoms with Crippen LogP contribution in [0.5, 0.6) is 11.6 Å². The van der Waals surface area contributed by atoms with Crippen LogP contribution in [0.4, 0.5) is 11.4 Å². The zero-order chi connectivity index (χ0) is 17.2. The summed E-state index contributed by atoms with van der Waals surface area (Å²) in [5.74, 6) is 0.547. The predicted molar refractivity (Wildman–Crippen MR) is 90.8 cm³/mol. The highest BCUT2D eigenvalue weighted by Gasteiger charge is 2.20. The van der Waals surface area contributed by atoms with Gasteiger partial charge in [0.1, 0.15) is 16.5 Å². The van der Waals surface area contributed by atoms with Crippen molar-refractivity contribution in [2.45, 2.75) is 26.3 Å². The molecule has 0 saturated carbocycles. The molecule has 0 unspecified atom stereocenters. The summed E-state index contributed by atoms with van der Waals surface area (Å²) in [6.45, 7) is 5.71. The second-order valence-corrected chi connectivity index (χ2v) is 6.70. The molecule has 23 heavy (non-hydrogen) atoms. The van der Waals surface area contributed by atoms with E-state index >= 15 is 0 Å². The molecular weight excluding hydrogens is 341 g/mol. The van der Waals surface area contributed by atoms with Gasteiger partial charge in [-0.25, -0.2) is 4.98 Å². The number of benzene rings is 1. The zero-order valence-corrected chi connectivity index (χ0v) is 14.3. The molecule has 0 aliphatic heterocycles. The number of pyridine rings is 1. The van der Waals surface area contributed by atoms with E-state index in [9.17, 15) is 10.1 Å². The summed E-state index contributed by atoms with van der Waals surface area (Å²) >= 11 is 11.8. The third kappa shape index (κ3) is 4.71. The molecule has 0 fully saturated rings. The van der Waals surface area contributed by atoms with Crippen LogP contribution in [0.3, 0.4) is 0 Å². The molecule has 0 amide bonds. The van der Waals surface area contributed by atoms with Crippen LogP contribution in [-0.2, 0) is 0 Å². The minimum atomic E-state index is -0.453. The van der Waals surface area contributed by atoms with Crippen LogP contribution in [0, 0.1) is 10.1 Å². The maximum absolute atomic E-state index is 11.1. The van der Waals surface area contributed by atoms with Crippen molar-refractivity contribution in [1.29, 1.82) is 0 Å². The quantitative estimate of drug-likeness (QED) is 0.594. The van der Waals surface area contributed by atoms with Gasteiger partial charge in [0, 0.05) is 23.9 Å². The first-order valence-corrected chi connectivity index (χ1v) is 7.47. The highest BCUT2D eigenvalue weighted by molar-refractivity contribution is 6.35. The number of ether oxygens (including phenoxy) is 1. The Morgan fingerprint density at radius 1 is 1.26 bits per heavy atom. The van der Waals surface area contributed by atoms with Gasteiger partial charge in [-0.1, -0.05) is 23.2 Å². The maximum Gasteiger partial charge on any atom is 0.292 e. The van der Waals surface area contributed by atoms with E-state index in [4.69, 9.17) is 27.9 Å². The Balaban J connectivity index is 2.36. The lowest BCUT2D eigenvalue weighted by molar-refractivity contribution is -0.384. The summed E-state index contributed by atoms with van der Waals surface area (Å²) in [4.78, 5) is 14.7. The number of anilines is 1. The van der Waals surface area contributed by atoms with Crippen molar-refractivity contribution in [1.82, 2.24) is 4.98 Å². The molecular formula is C15H15Cl2N3O3. The molecule has 2 rings (SSSR count). The summed E-state index contributed by atoms with van der Waals surface area (Å²) in [5.41, 5.74) is -0.0351. The first-order valence-electron chi connectivity index (χ1n) is 6.71. The Kier molecular flexibility index (Phi) is 4.97. The fourth-order valence-corrected chi connectivity index (χ4v) is 2.25. The normalized spacial score (nSPS) is 11.2. The summed E-state index contributed by atoms with van der Waals surface area (Å²) in [7, 11) is 0. The van der Waals surface area contributed by atoms with Crippen molar-refractivity contribution in [2.75, 3.05) is 5.32 Å². The van der Waals surface area contributed by atoms with Gasteiger partial charge >= 0.3 is 0 Å². The van der Waals surface area contributed by atoms with Crippen LogP contribution in [0.25, 0.3) is 0 Å². The van der Waals surface area contributed by atoms with Gasteiger partial charge < -0.3 is 10.1 Å². The number of hydrogen-bond acceptors (Lipinski definition) is 5. The lowest BCUT2D eigenvalue weighted by Gasteiger charge is -2.22. The van der Waals surface area contributed by atoms with E-state index in [1.165, 1.54) is 30.5 Å². The van der Waals surface area contributed by atoms with E-state index < -0.39 is 4.92 Å². The van der Waals surface area contributed by atoms with Crippen molar-refractivity contribution in [3.63, 3.8) is 0 Å². The molecule has 0 bridgehead atoms. The van der Waals surface area contributed by atoms with Gasteiger partial charge in [0.15, 0.2) is 0 Å². The Morgan fingerprint density at radius 3 is 2.52 bits per heavy atom. The van der Waals surface area contributed by atoms with Crippen molar-refractivity contribution in [2.24, 2.45) is 0 Å². The Bertz CT molecular complexity index is 745. The number of nitrogens with one attached hydrogen (secondary N) is 1. The van der Waals surface area contributed by atoms with Crippen LogP contribution in [0.1, 0.15) is 20.8 Å². The average Bonchev–Trinajstić information content (AvgIpc) is 2.40. The smallest absolute Gasteiger partial charge is 0.292 e. The molecule has 2 aromatic rings. The van der Waals surface area contributed by atoms with Gasteiger partial charge in [0.05, 0.1) is 9.95 Å². The molecule has 0 aliphatic rings. The van der Waals surface area contributed by atoms with Gasteiger partial charge in [-0.15, -0.1) is 0 Å². The summed E-state index contributed by atoms with van der Waals surface area (Å²) in [6, 6.07) is 5.90. The van der Waals surface area contributed by atoms with E-state index in [0.717, 1.165) is 0 Å². The van der Waals surface area contributed by atoms with Crippen LogP contribution in [0.15, 0.2) is 30.5 Å². The summed E-state index contributed by atoms with van der Waals surface area (Å²) in [5, 5.41) is 14.9. The molecule has 0 spiro atoms. The molecule has 6 nitrogen and oxygen atoms in total. The number of nitrogens with zero attached hydrogens (tertiary/aromatic N) is 2. The van der Waals surface area contributed by atoms with E-state index in [-0.39, 0.29) is 22.1 Å². The van der Waals surface area contributed by atoms with E-state index in [0.29, 0.717) is 16.5 Å². The number of rotatable bonds is 4. The van der Waals surface area contributed by atoms with Gasteiger partial charge in [0.25, 0.3) is 5.69 Å². The lowest BCUT2D eigenvalue weighted by atomic mass is 10.1. The van der Waals surface area contributed by atoms with Gasteiger partial charge in [-0.05, 0) is 32.9 Å². The van der Waals surface area contributed by atoms with Crippen molar-refractivity contribution >= 4 is 34.6 Å². The van der Waals surface area contributed by atoms with Crippen molar-refractivity contribution in [3.8, 4) is 11.6 Å². The predicted octanol–water partition coefficient (Wildman–Crippen LogP) is 5.30. The molecule has 0 saturated heterocycles. The molecule has 1 aromatic carbocycles. The average molecular weight is 356 g/mol. The number of nitro benzene ring substituents is 1. The Labute approximate surface area is 143 Å². The zero-order valence-electron chi connectivity index (χ0n) is 12.8. The lowest BCUT2D eigenvalue weighted by Crippen LogP contribution is -2.26. The summed E-state index contributed by atoms with van der Waals surface area (Å²) < 4.78 is 5.59. The largest absolute Gasteiger partial charge is 0.437 e. The molecule has 8 heteroatoms. The van der Waals surface area contributed by atoms with Crippen molar-refractivity contribution in [3.05, 3.63) is 50.6 Å². The molecule has 1 N–H and O–H groups in total. The number of aromatic nitrogens is 1. The number of nitro groups is 1. The number of halogens is 2. The fourth-order valence-electron chi connectivity index (χ4n) is 1.83. The van der Waals surface area contributed by atoms with Crippen molar-refractivity contribution < 1.29 is 9.66 Å². The molecule has 0 aliphatic carbocycles. The molecule has 122 valence electrons. The van der Waals surface area contributed by atoms with Gasteiger partial charge in [-0.3, -0.25) is 10.1 Å². The third-order valence-electron chi connectivity index (χ3n) is 2.66. The van der Waals surface area contributed by atoms with Crippen LogP contribution < -0.4 is 10.1 Å². The highest BCUT2D eigenvalue weighted by Crippen LogP contribution is 2.34. The van der Waals surface area contributed by atoms with Gasteiger partial charge in [0.2, 0.25) is 5.88 Å². The van der Waals surface area contributed by atoms with Crippen LogP contribution >= 0.6 is 23.2 Å². The summed E-state index contributed by atoms with van der Waals surface area (Å²) in [6.07, 6.45) is 1.41. The number of hydrogen-bond donors (Lipinski definition) is 1. The topological polar surface area (TPSA) is 77.3 Å². The minimum Gasteiger partial charge on any atom is -0.437 e. The standard InChI is InChI=1S/C15H15Cl2N3O3/c1-15(2,3)19-12-7-10(4-5-13(12)20(21)22)23-14-11(17)6-9(16)8-18-14/h4-8,19H,1-3H3. The molecule has 0 atom stereocenters.